The van der Waals surface area contributed by atoms with Crippen molar-refractivity contribution in [2.24, 2.45) is 0 Å². The molecule has 0 amide bonds. The topological polar surface area (TPSA) is 59.2 Å². The monoisotopic (exact) mass is 299 g/mol. The molecule has 0 aliphatic heterocycles. The van der Waals surface area contributed by atoms with Crippen molar-refractivity contribution in [2.75, 3.05) is 6.61 Å². The van der Waals surface area contributed by atoms with Gasteiger partial charge < -0.3 is 9.72 Å². The Labute approximate surface area is 109 Å². The highest BCUT2D eigenvalue weighted by Crippen LogP contribution is 2.28. The van der Waals surface area contributed by atoms with Crippen molar-refractivity contribution in [3.63, 3.8) is 0 Å². The van der Waals surface area contributed by atoms with Crippen molar-refractivity contribution in [3.05, 3.63) is 33.2 Å². The predicted octanol–water partition coefficient (Wildman–Crippen LogP) is 2.44. The van der Waals surface area contributed by atoms with Gasteiger partial charge in [0.05, 0.1) is 18.6 Å². The van der Waals surface area contributed by atoms with Crippen LogP contribution in [0.25, 0.3) is 0 Å². The number of rotatable bonds is 4. The van der Waals surface area contributed by atoms with Gasteiger partial charge in [-0.15, -0.1) is 0 Å². The number of halogens is 5. The summed E-state index contributed by atoms with van der Waals surface area (Å²) in [5.74, 6) is -1.01. The quantitative estimate of drug-likeness (QED) is 0.686. The Bertz CT molecular complexity index is 550. The van der Waals surface area contributed by atoms with Crippen LogP contribution >= 0.6 is 0 Å². The fraction of sp³-hybridized carbons (Fsp3) is 0.455. The summed E-state index contributed by atoms with van der Waals surface area (Å²) in [6.07, 6.45) is -9.08. The molecule has 1 aromatic rings. The van der Waals surface area contributed by atoms with E-state index in [1.54, 1.807) is 4.98 Å². The number of hydrogen-bond donors (Lipinski definition) is 1. The minimum Gasteiger partial charge on any atom is -0.466 e. The van der Waals surface area contributed by atoms with Crippen LogP contribution in [0.3, 0.4) is 0 Å². The Hall–Kier alpha value is -1.93. The average molecular weight is 299 g/mol. The number of pyridine rings is 1. The van der Waals surface area contributed by atoms with Crippen molar-refractivity contribution in [2.45, 2.75) is 25.9 Å². The lowest BCUT2D eigenvalue weighted by atomic mass is 10.1. The first-order valence-corrected chi connectivity index (χ1v) is 5.43. The average Bonchev–Trinajstić information content (AvgIpc) is 2.26. The van der Waals surface area contributed by atoms with E-state index in [1.165, 1.54) is 6.92 Å². The van der Waals surface area contributed by atoms with Crippen molar-refractivity contribution < 1.29 is 31.5 Å². The number of carbonyl (C=O) groups excluding carboxylic acids is 1. The van der Waals surface area contributed by atoms with Gasteiger partial charge in [0.15, 0.2) is 5.43 Å². The summed E-state index contributed by atoms with van der Waals surface area (Å²) in [4.78, 5) is 24.2. The fourth-order valence-corrected chi connectivity index (χ4v) is 1.51. The summed E-state index contributed by atoms with van der Waals surface area (Å²) in [5, 5.41) is 0. The largest absolute Gasteiger partial charge is 0.466 e. The van der Waals surface area contributed by atoms with Crippen LogP contribution in [0, 0.1) is 0 Å². The van der Waals surface area contributed by atoms with Gasteiger partial charge in [-0.1, -0.05) is 0 Å². The van der Waals surface area contributed by atoms with Crippen LogP contribution in [0.15, 0.2) is 10.9 Å². The van der Waals surface area contributed by atoms with Crippen LogP contribution in [-0.2, 0) is 22.1 Å². The van der Waals surface area contributed by atoms with Crippen LogP contribution in [0.1, 0.15) is 30.3 Å². The highest BCUT2D eigenvalue weighted by Gasteiger charge is 2.34. The molecule has 0 aliphatic carbocycles. The highest BCUT2D eigenvalue weighted by atomic mass is 19.4. The zero-order valence-corrected chi connectivity index (χ0v) is 10.2. The van der Waals surface area contributed by atoms with Crippen LogP contribution in [0.5, 0.6) is 0 Å². The van der Waals surface area contributed by atoms with Crippen molar-refractivity contribution in [1.29, 1.82) is 0 Å². The van der Waals surface area contributed by atoms with Crippen LogP contribution < -0.4 is 5.43 Å². The zero-order chi connectivity index (χ0) is 15.5. The van der Waals surface area contributed by atoms with Crippen LogP contribution in [0.4, 0.5) is 22.0 Å². The third kappa shape index (κ3) is 3.78. The zero-order valence-electron chi connectivity index (χ0n) is 10.2. The first-order valence-electron chi connectivity index (χ1n) is 5.43. The summed E-state index contributed by atoms with van der Waals surface area (Å²) in [6.45, 7) is 1.38. The Morgan fingerprint density at radius 1 is 1.40 bits per heavy atom. The van der Waals surface area contributed by atoms with Crippen molar-refractivity contribution >= 4 is 5.97 Å². The molecule has 1 aromatic heterocycles. The lowest BCUT2D eigenvalue weighted by Gasteiger charge is -2.12. The molecule has 0 saturated heterocycles. The number of esters is 1. The number of alkyl halides is 5. The lowest BCUT2D eigenvalue weighted by Crippen LogP contribution is -2.22. The molecule has 4 nitrogen and oxygen atoms in total. The SMILES string of the molecule is CCOC(=O)Cc1[nH]c(C(F)(F)F)cc(=O)c1C(F)F. The van der Waals surface area contributed by atoms with Crippen molar-refractivity contribution in [3.8, 4) is 0 Å². The van der Waals surface area contributed by atoms with Crippen molar-refractivity contribution in [1.82, 2.24) is 4.98 Å². The molecule has 20 heavy (non-hydrogen) atoms. The number of carbonyl (C=O) groups is 1. The van der Waals surface area contributed by atoms with Gasteiger partial charge in [-0.2, -0.15) is 13.2 Å². The maximum Gasteiger partial charge on any atom is 0.431 e. The van der Waals surface area contributed by atoms with E-state index in [-0.39, 0.29) is 12.7 Å². The number of nitrogens with one attached hydrogen (secondary N) is 1. The van der Waals surface area contributed by atoms with E-state index in [0.717, 1.165) is 0 Å². The predicted molar refractivity (Wildman–Crippen MR) is 57.4 cm³/mol. The van der Waals surface area contributed by atoms with E-state index in [9.17, 15) is 31.5 Å². The lowest BCUT2D eigenvalue weighted by molar-refractivity contribution is -0.144. The standard InChI is InChI=1S/C11H10F5NO3/c1-2-20-8(19)3-5-9(10(12)13)6(18)4-7(17-5)11(14,15)16/h4,10H,2-3H2,1H3,(H,17,18). The normalized spacial score (nSPS) is 11.8. The molecule has 0 radical (unpaired) electrons. The second-order valence-electron chi connectivity index (χ2n) is 3.72. The number of H-pyrrole nitrogens is 1. The number of aromatic amines is 1. The molecule has 0 spiro atoms. The van der Waals surface area contributed by atoms with Crippen LogP contribution in [0.2, 0.25) is 0 Å². The molecule has 0 aromatic carbocycles. The van der Waals surface area contributed by atoms with Gasteiger partial charge in [0.2, 0.25) is 0 Å². The summed E-state index contributed by atoms with van der Waals surface area (Å²) < 4.78 is 67.3. The molecule has 0 bridgehead atoms. The number of aromatic nitrogens is 1. The Balaban J connectivity index is 3.33. The highest BCUT2D eigenvalue weighted by molar-refractivity contribution is 5.72. The molecule has 0 unspecified atom stereocenters. The van der Waals surface area contributed by atoms with Crippen LogP contribution in [-0.4, -0.2) is 17.6 Å². The van der Waals surface area contributed by atoms with E-state index >= 15 is 0 Å². The van der Waals surface area contributed by atoms with E-state index in [0.29, 0.717) is 0 Å². The maximum absolute atomic E-state index is 12.7. The van der Waals surface area contributed by atoms with Gasteiger partial charge in [-0.25, -0.2) is 8.78 Å². The summed E-state index contributed by atoms with van der Waals surface area (Å²) in [7, 11) is 0. The first-order chi connectivity index (χ1) is 9.16. The summed E-state index contributed by atoms with van der Waals surface area (Å²) in [5.41, 5.74) is -4.93. The smallest absolute Gasteiger partial charge is 0.431 e. The van der Waals surface area contributed by atoms with Gasteiger partial charge >= 0.3 is 12.1 Å². The number of hydrogen-bond acceptors (Lipinski definition) is 3. The minimum atomic E-state index is -4.91. The molecule has 1 heterocycles. The van der Waals surface area contributed by atoms with E-state index in [2.05, 4.69) is 4.74 Å². The van der Waals surface area contributed by atoms with E-state index in [1.807, 2.05) is 0 Å². The molecule has 0 fully saturated rings. The molecule has 1 rings (SSSR count). The molecule has 9 heteroatoms. The Kier molecular flexibility index (Phi) is 4.85. The Morgan fingerprint density at radius 2 is 2.00 bits per heavy atom. The van der Waals surface area contributed by atoms with Gasteiger partial charge in [-0.05, 0) is 6.92 Å². The van der Waals surface area contributed by atoms with E-state index < -0.39 is 47.4 Å². The third-order valence-corrected chi connectivity index (χ3v) is 2.30. The molecular weight excluding hydrogens is 289 g/mol. The Morgan fingerprint density at radius 3 is 2.45 bits per heavy atom. The second kappa shape index (κ2) is 6.02. The molecule has 112 valence electrons. The first kappa shape index (κ1) is 16.1. The molecule has 0 saturated carbocycles. The molecule has 0 atom stereocenters. The van der Waals surface area contributed by atoms with E-state index in [4.69, 9.17) is 0 Å². The molecule has 0 aliphatic rings. The number of ether oxygens (including phenoxy) is 1. The van der Waals surface area contributed by atoms with Gasteiger partial charge in [-0.3, -0.25) is 9.59 Å². The third-order valence-electron chi connectivity index (χ3n) is 2.30. The maximum atomic E-state index is 12.7. The minimum absolute atomic E-state index is 0.0378. The van der Waals surface area contributed by atoms with Gasteiger partial charge in [0.25, 0.3) is 6.43 Å². The molecule has 1 N–H and O–H groups in total. The second-order valence-corrected chi connectivity index (χ2v) is 3.72. The summed E-state index contributed by atoms with van der Waals surface area (Å²) in [6, 6.07) is 0.0378. The molecular formula is C11H10F5NO3. The van der Waals surface area contributed by atoms with Gasteiger partial charge in [0, 0.05) is 11.8 Å². The summed E-state index contributed by atoms with van der Waals surface area (Å²) >= 11 is 0. The fourth-order valence-electron chi connectivity index (χ4n) is 1.51. The van der Waals surface area contributed by atoms with Gasteiger partial charge in [0.1, 0.15) is 5.69 Å².